The van der Waals surface area contributed by atoms with Gasteiger partial charge in [-0.25, -0.2) is 4.79 Å². The van der Waals surface area contributed by atoms with Crippen molar-refractivity contribution < 1.29 is 9.53 Å². The lowest BCUT2D eigenvalue weighted by atomic mass is 9.88. The molecule has 2 fully saturated rings. The second-order valence-corrected chi connectivity index (χ2v) is 7.31. The topological polar surface area (TPSA) is 41.9 Å². The van der Waals surface area contributed by atoms with Crippen LogP contribution in [0.2, 0.25) is 0 Å². The molecule has 0 spiro atoms. The summed E-state index contributed by atoms with van der Waals surface area (Å²) in [7, 11) is 0. The summed E-state index contributed by atoms with van der Waals surface area (Å²) in [5.41, 5.74) is 2.11. The van der Waals surface area contributed by atoms with E-state index in [0.717, 1.165) is 75.0 Å². The molecule has 1 saturated carbocycles. The number of ether oxygens (including phenoxy) is 1. The quantitative estimate of drug-likeness (QED) is 0.582. The largest absolute Gasteiger partial charge is 0.379 e. The molecule has 0 radical (unpaired) electrons. The van der Waals surface area contributed by atoms with Gasteiger partial charge < -0.3 is 4.74 Å². The Morgan fingerprint density at radius 3 is 2.65 bits per heavy atom. The van der Waals surface area contributed by atoms with Gasteiger partial charge in [0.05, 0.1) is 18.8 Å². The molecular formula is C18H23BrN2O2. The van der Waals surface area contributed by atoms with Crippen molar-refractivity contribution >= 4 is 22.0 Å². The van der Waals surface area contributed by atoms with E-state index >= 15 is 0 Å². The minimum absolute atomic E-state index is 0.340. The third kappa shape index (κ3) is 3.92. The molecule has 5 heteroatoms. The fourth-order valence-corrected chi connectivity index (χ4v) is 4.23. The molecule has 0 amide bonds. The first-order valence-corrected chi connectivity index (χ1v) is 9.21. The lowest BCUT2D eigenvalue weighted by Crippen LogP contribution is -2.37. The molecule has 1 aliphatic heterocycles. The number of carbonyl (C=O) groups excluding carboxylic acids is 1. The molecule has 1 saturated heterocycles. The van der Waals surface area contributed by atoms with E-state index in [0.29, 0.717) is 0 Å². The van der Waals surface area contributed by atoms with E-state index in [1.165, 1.54) is 5.56 Å². The molecule has 124 valence electrons. The zero-order valence-electron chi connectivity index (χ0n) is 13.4. The van der Waals surface area contributed by atoms with Crippen LogP contribution in [0.5, 0.6) is 0 Å². The molecule has 1 aromatic rings. The third-order valence-corrected chi connectivity index (χ3v) is 5.82. The van der Waals surface area contributed by atoms with E-state index in [-0.39, 0.29) is 5.54 Å². The second kappa shape index (κ2) is 7.71. The highest BCUT2D eigenvalue weighted by molar-refractivity contribution is 9.10. The fourth-order valence-electron chi connectivity index (χ4n) is 3.66. The molecule has 0 N–H and O–H groups in total. The van der Waals surface area contributed by atoms with Crippen LogP contribution in [0.4, 0.5) is 0 Å². The molecular weight excluding hydrogens is 356 g/mol. The maximum Gasteiger partial charge on any atom is 0.235 e. The normalized spacial score (nSPS) is 21.1. The highest BCUT2D eigenvalue weighted by Gasteiger charge is 2.35. The maximum atomic E-state index is 10.8. The van der Waals surface area contributed by atoms with Crippen LogP contribution in [0.25, 0.3) is 0 Å². The van der Waals surface area contributed by atoms with Gasteiger partial charge in [-0.05, 0) is 36.5 Å². The molecule has 4 nitrogen and oxygen atoms in total. The molecule has 23 heavy (non-hydrogen) atoms. The molecule has 1 heterocycles. The van der Waals surface area contributed by atoms with Crippen LogP contribution in [-0.2, 0) is 21.5 Å². The fraction of sp³-hybridized carbons (Fsp3) is 0.611. The molecule has 0 bridgehead atoms. The smallest absolute Gasteiger partial charge is 0.235 e. The molecule has 3 rings (SSSR count). The van der Waals surface area contributed by atoms with Crippen LogP contribution < -0.4 is 0 Å². The first-order chi connectivity index (χ1) is 11.2. The van der Waals surface area contributed by atoms with Crippen molar-refractivity contribution in [3.05, 3.63) is 33.8 Å². The summed E-state index contributed by atoms with van der Waals surface area (Å²) in [6.45, 7) is 4.78. The van der Waals surface area contributed by atoms with Crippen LogP contribution in [0.3, 0.4) is 0 Å². The molecule has 2 aliphatic rings. The van der Waals surface area contributed by atoms with Crippen molar-refractivity contribution in [2.24, 2.45) is 4.99 Å². The summed E-state index contributed by atoms with van der Waals surface area (Å²) in [5, 5.41) is 0. The lowest BCUT2D eigenvalue weighted by molar-refractivity contribution is 0.0384. The Balaban J connectivity index is 1.71. The zero-order chi connectivity index (χ0) is 16.1. The highest BCUT2D eigenvalue weighted by Crippen LogP contribution is 2.43. The van der Waals surface area contributed by atoms with Crippen LogP contribution in [0.1, 0.15) is 36.8 Å². The Morgan fingerprint density at radius 1 is 1.26 bits per heavy atom. The number of morpholine rings is 1. The number of hydrogen-bond donors (Lipinski definition) is 0. The molecule has 0 aromatic heterocycles. The van der Waals surface area contributed by atoms with Gasteiger partial charge in [-0.2, -0.15) is 4.99 Å². The van der Waals surface area contributed by atoms with Crippen molar-refractivity contribution in [1.29, 1.82) is 0 Å². The van der Waals surface area contributed by atoms with Crippen molar-refractivity contribution in [2.45, 2.75) is 37.6 Å². The number of isocyanates is 1. The number of aliphatic imine (C=N–C) groups is 1. The van der Waals surface area contributed by atoms with Crippen LogP contribution >= 0.6 is 15.9 Å². The van der Waals surface area contributed by atoms with Crippen molar-refractivity contribution in [1.82, 2.24) is 4.90 Å². The Morgan fingerprint density at radius 2 is 2.00 bits per heavy atom. The summed E-state index contributed by atoms with van der Waals surface area (Å²) < 4.78 is 6.51. The van der Waals surface area contributed by atoms with Gasteiger partial charge in [-0.1, -0.05) is 40.9 Å². The number of nitrogens with zero attached hydrogens (tertiary/aromatic N) is 2. The maximum absolute atomic E-state index is 10.8. The first kappa shape index (κ1) is 16.8. The van der Waals surface area contributed by atoms with Gasteiger partial charge in [-0.15, -0.1) is 0 Å². The monoisotopic (exact) mass is 378 g/mol. The van der Waals surface area contributed by atoms with E-state index in [4.69, 9.17) is 4.74 Å². The Labute approximate surface area is 146 Å². The molecule has 1 aliphatic carbocycles. The van der Waals surface area contributed by atoms with Crippen molar-refractivity contribution in [3.8, 4) is 0 Å². The van der Waals surface area contributed by atoms with Crippen LogP contribution in [0.15, 0.2) is 27.7 Å². The van der Waals surface area contributed by atoms with E-state index < -0.39 is 0 Å². The summed E-state index contributed by atoms with van der Waals surface area (Å²) in [6.07, 6.45) is 6.96. The number of rotatable bonds is 5. The lowest BCUT2D eigenvalue weighted by Gasteiger charge is -2.27. The highest BCUT2D eigenvalue weighted by atomic mass is 79.9. The second-order valence-electron chi connectivity index (χ2n) is 6.45. The number of halogens is 1. The van der Waals surface area contributed by atoms with Crippen LogP contribution in [0, 0.1) is 0 Å². The van der Waals surface area contributed by atoms with Gasteiger partial charge in [0.25, 0.3) is 0 Å². The summed E-state index contributed by atoms with van der Waals surface area (Å²) in [4.78, 5) is 17.5. The average Bonchev–Trinajstić information content (AvgIpc) is 3.05. The average molecular weight is 379 g/mol. The van der Waals surface area contributed by atoms with Gasteiger partial charge in [0.15, 0.2) is 0 Å². The Hall–Kier alpha value is -1.00. The summed E-state index contributed by atoms with van der Waals surface area (Å²) in [6, 6.07) is 6.48. The molecule has 0 atom stereocenters. The van der Waals surface area contributed by atoms with Crippen molar-refractivity contribution in [2.75, 3.05) is 32.8 Å². The predicted molar refractivity (Wildman–Crippen MR) is 93.4 cm³/mol. The zero-order valence-corrected chi connectivity index (χ0v) is 15.0. The van der Waals surface area contributed by atoms with Gasteiger partial charge in [0, 0.05) is 24.1 Å². The minimum atomic E-state index is -0.340. The van der Waals surface area contributed by atoms with Crippen LogP contribution in [-0.4, -0.2) is 43.8 Å². The predicted octanol–water partition coefficient (Wildman–Crippen LogP) is 3.43. The van der Waals surface area contributed by atoms with E-state index in [9.17, 15) is 4.79 Å². The van der Waals surface area contributed by atoms with Gasteiger partial charge >= 0.3 is 0 Å². The van der Waals surface area contributed by atoms with Crippen molar-refractivity contribution in [3.63, 3.8) is 0 Å². The molecule has 0 unspecified atom stereocenters. The third-order valence-electron chi connectivity index (χ3n) is 5.08. The van der Waals surface area contributed by atoms with Gasteiger partial charge in [0.2, 0.25) is 6.08 Å². The van der Waals surface area contributed by atoms with E-state index in [1.54, 1.807) is 6.08 Å². The van der Waals surface area contributed by atoms with E-state index in [1.807, 2.05) is 0 Å². The Bertz CT molecular complexity index is 587. The minimum Gasteiger partial charge on any atom is -0.379 e. The molecule has 1 aromatic carbocycles. The standard InChI is InChI=1S/C18H23BrN2O2/c19-17-13-16(18(20-14-22)6-1-2-7-18)4-3-15(17)5-8-21-9-11-23-12-10-21/h3-4,13H,1-2,5-12H2. The Kier molecular flexibility index (Phi) is 5.65. The summed E-state index contributed by atoms with van der Waals surface area (Å²) >= 11 is 3.71. The summed E-state index contributed by atoms with van der Waals surface area (Å²) in [5.74, 6) is 0. The first-order valence-electron chi connectivity index (χ1n) is 8.42. The van der Waals surface area contributed by atoms with Gasteiger partial charge in [0.1, 0.15) is 0 Å². The number of hydrogen-bond acceptors (Lipinski definition) is 4. The number of benzene rings is 1. The SMILES string of the molecule is O=C=NC1(c2ccc(CCN3CCOCC3)c(Br)c2)CCCC1. The van der Waals surface area contributed by atoms with Gasteiger partial charge in [-0.3, -0.25) is 4.90 Å². The van der Waals surface area contributed by atoms with E-state index in [2.05, 4.69) is 44.0 Å².